The van der Waals surface area contributed by atoms with E-state index in [0.717, 1.165) is 17.3 Å². The molecule has 0 atom stereocenters. The van der Waals surface area contributed by atoms with E-state index in [1.807, 2.05) is 0 Å². The SMILES string of the molecule is Brc1ccc2ccc3[nH]c4c(c3c2c1)C=CCC4. The summed E-state index contributed by atoms with van der Waals surface area (Å²) >= 11 is 3.57. The zero-order valence-corrected chi connectivity index (χ0v) is 11.4. The van der Waals surface area contributed by atoms with Crippen LogP contribution in [0.5, 0.6) is 0 Å². The lowest BCUT2D eigenvalue weighted by atomic mass is 9.98. The smallest absolute Gasteiger partial charge is 0.0468 e. The molecule has 18 heavy (non-hydrogen) atoms. The van der Waals surface area contributed by atoms with Crippen LogP contribution in [0.15, 0.2) is 40.9 Å². The molecule has 3 aromatic rings. The minimum Gasteiger partial charge on any atom is -0.358 e. The van der Waals surface area contributed by atoms with Gasteiger partial charge in [0, 0.05) is 26.6 Å². The van der Waals surface area contributed by atoms with E-state index in [9.17, 15) is 0 Å². The van der Waals surface area contributed by atoms with E-state index in [0.29, 0.717) is 0 Å². The molecule has 0 unspecified atom stereocenters. The predicted molar refractivity (Wildman–Crippen MR) is 80.9 cm³/mol. The zero-order chi connectivity index (χ0) is 12.1. The van der Waals surface area contributed by atoms with Gasteiger partial charge < -0.3 is 4.98 Å². The fraction of sp³-hybridized carbons (Fsp3) is 0.125. The first kappa shape index (κ1) is 10.4. The molecular formula is C16H12BrN. The van der Waals surface area contributed by atoms with E-state index in [1.165, 1.54) is 32.9 Å². The molecule has 0 spiro atoms. The number of benzene rings is 2. The van der Waals surface area contributed by atoms with Crippen molar-refractivity contribution >= 4 is 43.7 Å². The number of hydrogen-bond donors (Lipinski definition) is 1. The molecule has 88 valence electrons. The quantitative estimate of drug-likeness (QED) is 0.598. The van der Waals surface area contributed by atoms with Crippen LogP contribution in [0, 0.1) is 0 Å². The fourth-order valence-corrected chi connectivity index (χ4v) is 3.24. The number of H-pyrrole nitrogens is 1. The summed E-state index contributed by atoms with van der Waals surface area (Å²) < 4.78 is 1.14. The van der Waals surface area contributed by atoms with E-state index < -0.39 is 0 Å². The minimum absolute atomic E-state index is 1.12. The van der Waals surface area contributed by atoms with Crippen molar-refractivity contribution in [3.8, 4) is 0 Å². The highest BCUT2D eigenvalue weighted by Crippen LogP contribution is 2.34. The van der Waals surface area contributed by atoms with Gasteiger partial charge in [0.05, 0.1) is 0 Å². The van der Waals surface area contributed by atoms with Crippen molar-refractivity contribution in [3.63, 3.8) is 0 Å². The Morgan fingerprint density at radius 3 is 2.94 bits per heavy atom. The van der Waals surface area contributed by atoms with Crippen LogP contribution in [0.1, 0.15) is 17.7 Å². The summed E-state index contributed by atoms with van der Waals surface area (Å²) in [4.78, 5) is 3.56. The predicted octanol–water partition coefficient (Wildman–Crippen LogP) is 5.04. The molecule has 2 aromatic carbocycles. The first-order valence-corrected chi connectivity index (χ1v) is 7.01. The molecule has 0 aliphatic heterocycles. The number of aromatic amines is 1. The van der Waals surface area contributed by atoms with E-state index >= 15 is 0 Å². The van der Waals surface area contributed by atoms with Crippen molar-refractivity contribution in [2.24, 2.45) is 0 Å². The van der Waals surface area contributed by atoms with Gasteiger partial charge >= 0.3 is 0 Å². The highest BCUT2D eigenvalue weighted by Gasteiger charge is 2.13. The molecule has 0 saturated heterocycles. The Morgan fingerprint density at radius 2 is 2.00 bits per heavy atom. The van der Waals surface area contributed by atoms with Gasteiger partial charge in [0.15, 0.2) is 0 Å². The molecule has 4 rings (SSSR count). The highest BCUT2D eigenvalue weighted by molar-refractivity contribution is 9.10. The number of halogens is 1. The Morgan fingerprint density at radius 1 is 1.11 bits per heavy atom. The number of hydrogen-bond acceptors (Lipinski definition) is 0. The van der Waals surface area contributed by atoms with Crippen molar-refractivity contribution in [1.29, 1.82) is 0 Å². The van der Waals surface area contributed by atoms with Gasteiger partial charge in [-0.2, -0.15) is 0 Å². The summed E-state index contributed by atoms with van der Waals surface area (Å²) in [7, 11) is 0. The number of allylic oxidation sites excluding steroid dienone is 1. The maximum absolute atomic E-state index is 3.57. The largest absolute Gasteiger partial charge is 0.358 e. The lowest BCUT2D eigenvalue weighted by Crippen LogP contribution is -1.90. The number of nitrogens with one attached hydrogen (secondary N) is 1. The Balaban J connectivity index is 2.23. The van der Waals surface area contributed by atoms with Crippen LogP contribution in [0.3, 0.4) is 0 Å². The second-order valence-electron chi connectivity index (χ2n) is 4.81. The molecule has 1 aliphatic carbocycles. The topological polar surface area (TPSA) is 15.8 Å². The number of rotatable bonds is 0. The molecule has 0 saturated carbocycles. The average Bonchev–Trinajstić information content (AvgIpc) is 2.77. The minimum atomic E-state index is 1.12. The molecule has 1 N–H and O–H groups in total. The molecule has 0 bridgehead atoms. The summed E-state index contributed by atoms with van der Waals surface area (Å²) in [6.07, 6.45) is 6.79. The Labute approximate surface area is 114 Å². The van der Waals surface area contributed by atoms with E-state index in [4.69, 9.17) is 0 Å². The van der Waals surface area contributed by atoms with Crippen molar-refractivity contribution in [2.45, 2.75) is 12.8 Å². The summed E-state index contributed by atoms with van der Waals surface area (Å²) in [5.74, 6) is 0. The Hall–Kier alpha value is -1.54. The van der Waals surface area contributed by atoms with Gasteiger partial charge in [-0.25, -0.2) is 0 Å². The van der Waals surface area contributed by atoms with Gasteiger partial charge in [-0.1, -0.05) is 40.2 Å². The van der Waals surface area contributed by atoms with Crippen molar-refractivity contribution in [2.75, 3.05) is 0 Å². The van der Waals surface area contributed by atoms with Crippen molar-refractivity contribution in [3.05, 3.63) is 52.1 Å². The third kappa shape index (κ3) is 1.39. The van der Waals surface area contributed by atoms with Gasteiger partial charge in [0.1, 0.15) is 0 Å². The van der Waals surface area contributed by atoms with Crippen LogP contribution < -0.4 is 0 Å². The average molecular weight is 298 g/mol. The van der Waals surface area contributed by atoms with Crippen LogP contribution in [0.4, 0.5) is 0 Å². The lowest BCUT2D eigenvalue weighted by Gasteiger charge is -2.05. The van der Waals surface area contributed by atoms with Gasteiger partial charge in [-0.15, -0.1) is 0 Å². The standard InChI is InChI=1S/C16H12BrN/c17-11-7-5-10-6-8-15-16(13(10)9-11)12-3-1-2-4-14(12)18-15/h1,3,5-9,18H,2,4H2. The molecule has 0 amide bonds. The van der Waals surface area contributed by atoms with Gasteiger partial charge in [-0.3, -0.25) is 0 Å². The number of fused-ring (bicyclic) bond motifs is 5. The first-order valence-electron chi connectivity index (χ1n) is 6.22. The molecule has 1 nitrogen and oxygen atoms in total. The zero-order valence-electron chi connectivity index (χ0n) is 9.83. The molecule has 1 aromatic heterocycles. The second-order valence-corrected chi connectivity index (χ2v) is 5.73. The highest BCUT2D eigenvalue weighted by atomic mass is 79.9. The number of aryl methyl sites for hydroxylation is 1. The van der Waals surface area contributed by atoms with Gasteiger partial charge in [0.2, 0.25) is 0 Å². The molecule has 2 heteroatoms. The Bertz CT molecular complexity index is 796. The summed E-state index contributed by atoms with van der Waals surface area (Å²) in [5.41, 5.74) is 4.00. The van der Waals surface area contributed by atoms with Gasteiger partial charge in [-0.05, 0) is 41.8 Å². The Kier molecular flexibility index (Phi) is 2.15. The fourth-order valence-electron chi connectivity index (χ4n) is 2.88. The second kappa shape index (κ2) is 3.72. The first-order chi connectivity index (χ1) is 8.83. The summed E-state index contributed by atoms with van der Waals surface area (Å²) in [6, 6.07) is 10.9. The normalized spacial score (nSPS) is 14.3. The molecular weight excluding hydrogens is 286 g/mol. The summed E-state index contributed by atoms with van der Waals surface area (Å²) in [6.45, 7) is 0. The third-order valence-electron chi connectivity index (χ3n) is 3.71. The molecule has 1 aliphatic rings. The van der Waals surface area contributed by atoms with Crippen LogP contribution in [0.25, 0.3) is 27.8 Å². The van der Waals surface area contributed by atoms with Crippen LogP contribution in [0.2, 0.25) is 0 Å². The molecule has 1 heterocycles. The molecule has 0 fully saturated rings. The lowest BCUT2D eigenvalue weighted by molar-refractivity contribution is 0.951. The van der Waals surface area contributed by atoms with Crippen molar-refractivity contribution < 1.29 is 0 Å². The van der Waals surface area contributed by atoms with Crippen LogP contribution in [-0.4, -0.2) is 4.98 Å². The van der Waals surface area contributed by atoms with E-state index in [1.54, 1.807) is 0 Å². The summed E-state index contributed by atoms with van der Waals surface area (Å²) in [5, 5.41) is 3.98. The van der Waals surface area contributed by atoms with Crippen LogP contribution in [-0.2, 0) is 6.42 Å². The molecule has 0 radical (unpaired) electrons. The van der Waals surface area contributed by atoms with E-state index in [2.05, 4.69) is 63.4 Å². The monoisotopic (exact) mass is 297 g/mol. The van der Waals surface area contributed by atoms with Crippen LogP contribution >= 0.6 is 15.9 Å². The van der Waals surface area contributed by atoms with Crippen molar-refractivity contribution in [1.82, 2.24) is 4.98 Å². The third-order valence-corrected chi connectivity index (χ3v) is 4.20. The van der Waals surface area contributed by atoms with Gasteiger partial charge in [0.25, 0.3) is 0 Å². The maximum atomic E-state index is 3.57. The number of aromatic nitrogens is 1. The maximum Gasteiger partial charge on any atom is 0.0468 e. The van der Waals surface area contributed by atoms with E-state index in [-0.39, 0.29) is 0 Å².